The fourth-order valence-corrected chi connectivity index (χ4v) is 2.53. The van der Waals surface area contributed by atoms with E-state index in [9.17, 15) is 10.2 Å². The number of rotatable bonds is 5. The van der Waals surface area contributed by atoms with Gasteiger partial charge in [0, 0.05) is 30.8 Å². The first-order valence-electron chi connectivity index (χ1n) is 6.66. The van der Waals surface area contributed by atoms with Gasteiger partial charge in [-0.3, -0.25) is 4.90 Å². The summed E-state index contributed by atoms with van der Waals surface area (Å²) < 4.78 is 0. The molecule has 0 aliphatic carbocycles. The molecule has 4 nitrogen and oxygen atoms in total. The highest BCUT2D eigenvalue weighted by Gasteiger charge is 2.22. The second-order valence-corrected chi connectivity index (χ2v) is 4.93. The number of hydrogen-bond donors (Lipinski definition) is 3. The lowest BCUT2D eigenvalue weighted by Gasteiger charge is -2.28. The molecule has 1 atom stereocenters. The van der Waals surface area contributed by atoms with Crippen molar-refractivity contribution >= 4 is 0 Å². The Morgan fingerprint density at radius 2 is 2.22 bits per heavy atom. The van der Waals surface area contributed by atoms with E-state index in [1.165, 1.54) is 12.5 Å². The predicted octanol–water partition coefficient (Wildman–Crippen LogP) is 1.67. The molecule has 0 bridgehead atoms. The third-order valence-electron chi connectivity index (χ3n) is 3.50. The second kappa shape index (κ2) is 6.07. The van der Waals surface area contributed by atoms with Gasteiger partial charge in [0.15, 0.2) is 0 Å². The first kappa shape index (κ1) is 13.2. The maximum atomic E-state index is 9.85. The van der Waals surface area contributed by atoms with Crippen LogP contribution in [0, 0.1) is 0 Å². The lowest BCUT2D eigenvalue weighted by atomic mass is 10.1. The molecule has 0 radical (unpaired) electrons. The van der Waals surface area contributed by atoms with E-state index in [2.05, 4.69) is 17.1 Å². The summed E-state index contributed by atoms with van der Waals surface area (Å²) in [5, 5.41) is 22.5. The zero-order valence-corrected chi connectivity index (χ0v) is 10.9. The first-order chi connectivity index (χ1) is 8.70. The monoisotopic (exact) mass is 250 g/mol. The highest BCUT2D eigenvalue weighted by atomic mass is 16.3. The third-order valence-corrected chi connectivity index (χ3v) is 3.50. The maximum Gasteiger partial charge on any atom is 0.123 e. The second-order valence-electron chi connectivity index (χ2n) is 4.93. The Balaban J connectivity index is 2.07. The van der Waals surface area contributed by atoms with Crippen molar-refractivity contribution in [3.05, 3.63) is 23.8 Å². The van der Waals surface area contributed by atoms with Crippen LogP contribution in [0.3, 0.4) is 0 Å². The molecule has 0 spiro atoms. The average molecular weight is 250 g/mol. The number of nitrogens with one attached hydrogen (secondary N) is 1. The van der Waals surface area contributed by atoms with Gasteiger partial charge >= 0.3 is 0 Å². The minimum atomic E-state index is 0.112. The molecule has 1 unspecified atom stereocenters. The highest BCUT2D eigenvalue weighted by molar-refractivity contribution is 5.38. The number of benzene rings is 1. The number of hydrogen-bond acceptors (Lipinski definition) is 4. The van der Waals surface area contributed by atoms with Gasteiger partial charge in [-0.1, -0.05) is 13.0 Å². The SMILES string of the molecule is CCCN(Cc1ccc(O)cc1O)C1CCNC1. The lowest BCUT2D eigenvalue weighted by molar-refractivity contribution is 0.197. The van der Waals surface area contributed by atoms with Crippen LogP contribution in [0.15, 0.2) is 18.2 Å². The molecule has 0 saturated carbocycles. The molecule has 0 amide bonds. The van der Waals surface area contributed by atoms with E-state index in [1.54, 1.807) is 12.1 Å². The summed E-state index contributed by atoms with van der Waals surface area (Å²) in [5.41, 5.74) is 0.883. The molecule has 2 rings (SSSR count). The highest BCUT2D eigenvalue weighted by Crippen LogP contribution is 2.25. The van der Waals surface area contributed by atoms with Crippen LogP contribution in [0.25, 0.3) is 0 Å². The van der Waals surface area contributed by atoms with E-state index in [0.29, 0.717) is 6.04 Å². The Hall–Kier alpha value is -1.26. The molecule has 4 heteroatoms. The van der Waals surface area contributed by atoms with E-state index in [1.807, 2.05) is 0 Å². The molecule has 1 aromatic carbocycles. The fraction of sp³-hybridized carbons (Fsp3) is 0.571. The molecular formula is C14H22N2O2. The summed E-state index contributed by atoms with van der Waals surface area (Å²) in [6.07, 6.45) is 2.27. The van der Waals surface area contributed by atoms with E-state index in [-0.39, 0.29) is 11.5 Å². The van der Waals surface area contributed by atoms with Crippen LogP contribution >= 0.6 is 0 Å². The zero-order valence-electron chi connectivity index (χ0n) is 10.9. The summed E-state index contributed by atoms with van der Waals surface area (Å²) >= 11 is 0. The summed E-state index contributed by atoms with van der Waals surface area (Å²) in [6.45, 7) is 6.05. The van der Waals surface area contributed by atoms with Crippen molar-refractivity contribution in [1.29, 1.82) is 0 Å². The van der Waals surface area contributed by atoms with Crippen molar-refractivity contribution in [2.45, 2.75) is 32.4 Å². The number of aromatic hydroxyl groups is 2. The number of nitrogens with zero attached hydrogens (tertiary/aromatic N) is 1. The van der Waals surface area contributed by atoms with E-state index in [4.69, 9.17) is 0 Å². The molecule has 1 aliphatic rings. The molecule has 100 valence electrons. The van der Waals surface area contributed by atoms with Crippen LogP contribution in [0.2, 0.25) is 0 Å². The van der Waals surface area contributed by atoms with Crippen LogP contribution in [-0.2, 0) is 6.54 Å². The summed E-state index contributed by atoms with van der Waals surface area (Å²) in [4.78, 5) is 2.41. The van der Waals surface area contributed by atoms with E-state index in [0.717, 1.165) is 38.2 Å². The third kappa shape index (κ3) is 3.15. The van der Waals surface area contributed by atoms with Gasteiger partial charge in [0.05, 0.1) is 0 Å². The Bertz CT molecular complexity index is 389. The molecule has 1 fully saturated rings. The van der Waals surface area contributed by atoms with Gasteiger partial charge in [-0.2, -0.15) is 0 Å². The Morgan fingerprint density at radius 3 is 2.83 bits per heavy atom. The summed E-state index contributed by atoms with van der Waals surface area (Å²) in [5.74, 6) is 0.294. The van der Waals surface area contributed by atoms with Crippen molar-refractivity contribution in [3.63, 3.8) is 0 Å². The van der Waals surface area contributed by atoms with Gasteiger partial charge in [-0.15, -0.1) is 0 Å². The quantitative estimate of drug-likeness (QED) is 0.744. The van der Waals surface area contributed by atoms with E-state index >= 15 is 0 Å². The number of phenols is 2. The van der Waals surface area contributed by atoms with Crippen molar-refractivity contribution in [1.82, 2.24) is 10.2 Å². The normalized spacial score (nSPS) is 19.6. The van der Waals surface area contributed by atoms with Gasteiger partial charge in [-0.05, 0) is 32.0 Å². The molecule has 1 aliphatic heterocycles. The van der Waals surface area contributed by atoms with Crippen molar-refractivity contribution in [2.75, 3.05) is 19.6 Å². The van der Waals surface area contributed by atoms with Crippen LogP contribution in [0.5, 0.6) is 11.5 Å². The van der Waals surface area contributed by atoms with Gasteiger partial charge in [0.1, 0.15) is 11.5 Å². The van der Waals surface area contributed by atoms with Crippen LogP contribution in [0.4, 0.5) is 0 Å². The molecule has 1 heterocycles. The molecule has 1 saturated heterocycles. The van der Waals surface area contributed by atoms with Crippen molar-refractivity contribution in [3.8, 4) is 11.5 Å². The van der Waals surface area contributed by atoms with Crippen molar-refractivity contribution in [2.24, 2.45) is 0 Å². The van der Waals surface area contributed by atoms with Crippen LogP contribution < -0.4 is 5.32 Å². The minimum Gasteiger partial charge on any atom is -0.508 e. The van der Waals surface area contributed by atoms with Crippen LogP contribution in [0.1, 0.15) is 25.3 Å². The van der Waals surface area contributed by atoms with Gasteiger partial charge < -0.3 is 15.5 Å². The molecule has 0 aromatic heterocycles. The molecule has 3 N–H and O–H groups in total. The minimum absolute atomic E-state index is 0.112. The maximum absolute atomic E-state index is 9.85. The molecule has 1 aromatic rings. The van der Waals surface area contributed by atoms with Gasteiger partial charge in [0.2, 0.25) is 0 Å². The van der Waals surface area contributed by atoms with Gasteiger partial charge in [-0.25, -0.2) is 0 Å². The fourth-order valence-electron chi connectivity index (χ4n) is 2.53. The van der Waals surface area contributed by atoms with Gasteiger partial charge in [0.25, 0.3) is 0 Å². The first-order valence-corrected chi connectivity index (χ1v) is 6.66. The lowest BCUT2D eigenvalue weighted by Crippen LogP contribution is -2.36. The molecular weight excluding hydrogens is 228 g/mol. The van der Waals surface area contributed by atoms with Crippen molar-refractivity contribution < 1.29 is 10.2 Å². The zero-order chi connectivity index (χ0) is 13.0. The largest absolute Gasteiger partial charge is 0.508 e. The topological polar surface area (TPSA) is 55.7 Å². The Kier molecular flexibility index (Phi) is 4.44. The van der Waals surface area contributed by atoms with E-state index < -0.39 is 0 Å². The number of phenolic OH excluding ortho intramolecular Hbond substituents is 2. The Morgan fingerprint density at radius 1 is 1.39 bits per heavy atom. The summed E-state index contributed by atoms with van der Waals surface area (Å²) in [6, 6.07) is 5.40. The summed E-state index contributed by atoms with van der Waals surface area (Å²) in [7, 11) is 0. The Labute approximate surface area is 108 Å². The standard InChI is InChI=1S/C14H22N2O2/c1-2-7-16(12-5-6-15-9-12)10-11-3-4-13(17)8-14(11)18/h3-4,8,12,15,17-18H,2,5-7,9-10H2,1H3. The van der Waals surface area contributed by atoms with Crippen LogP contribution in [-0.4, -0.2) is 40.8 Å². The molecule has 18 heavy (non-hydrogen) atoms. The predicted molar refractivity (Wildman–Crippen MR) is 71.7 cm³/mol. The smallest absolute Gasteiger partial charge is 0.123 e. The average Bonchev–Trinajstić information content (AvgIpc) is 2.85.